The lowest BCUT2D eigenvalue weighted by molar-refractivity contribution is -0.117. The molecule has 0 saturated carbocycles. The lowest BCUT2D eigenvalue weighted by Crippen LogP contribution is -1.95. The number of ketones is 2. The molecule has 0 amide bonds. The van der Waals surface area contributed by atoms with Crippen molar-refractivity contribution in [2.24, 2.45) is 5.92 Å². The number of hydrogen-bond acceptors (Lipinski definition) is 3. The molecule has 0 spiro atoms. The summed E-state index contributed by atoms with van der Waals surface area (Å²) in [6.45, 7) is 8.77. The molecule has 0 radical (unpaired) electrons. The van der Waals surface area contributed by atoms with E-state index in [0.717, 1.165) is 13.5 Å². The summed E-state index contributed by atoms with van der Waals surface area (Å²) in [4.78, 5) is 19.7. The molecule has 0 aromatic heterocycles. The summed E-state index contributed by atoms with van der Waals surface area (Å²) in [6, 6.07) is 0. The van der Waals surface area contributed by atoms with E-state index in [2.05, 4.69) is 0 Å². The monoisotopic (exact) mass is 190 g/mol. The molecule has 0 bridgehead atoms. The van der Waals surface area contributed by atoms with Crippen LogP contribution < -0.4 is 0 Å². The second-order valence-electron chi connectivity index (χ2n) is 3.21. The Kier molecular flexibility index (Phi) is 19.4. The van der Waals surface area contributed by atoms with Crippen LogP contribution in [0.15, 0.2) is 0 Å². The van der Waals surface area contributed by atoms with Crippen molar-refractivity contribution in [1.29, 1.82) is 0 Å². The first-order valence-corrected chi connectivity index (χ1v) is 4.27. The van der Waals surface area contributed by atoms with Gasteiger partial charge < -0.3 is 14.7 Å². The van der Waals surface area contributed by atoms with Crippen molar-refractivity contribution < 1.29 is 14.7 Å². The molecule has 80 valence electrons. The first-order chi connectivity index (χ1) is 5.86. The van der Waals surface area contributed by atoms with Gasteiger partial charge in [-0.1, -0.05) is 13.8 Å². The average molecular weight is 190 g/mol. The van der Waals surface area contributed by atoms with Gasteiger partial charge >= 0.3 is 0 Å². The van der Waals surface area contributed by atoms with E-state index in [9.17, 15) is 9.59 Å². The molecule has 0 aromatic carbocycles. The van der Waals surface area contributed by atoms with Crippen LogP contribution >= 0.6 is 0 Å². The summed E-state index contributed by atoms with van der Waals surface area (Å²) in [6.07, 6.45) is 0.722. The highest BCUT2D eigenvalue weighted by Crippen LogP contribution is 1.97. The third-order valence-corrected chi connectivity index (χ3v) is 0.696. The van der Waals surface area contributed by atoms with E-state index in [4.69, 9.17) is 5.11 Å². The molecule has 1 N–H and O–H groups in total. The SMILES string of the molecule is CC(=O)CC(C)C.CC(C)=O.CO. The molecular weight excluding hydrogens is 168 g/mol. The van der Waals surface area contributed by atoms with Crippen LogP contribution in [0.2, 0.25) is 0 Å². The Morgan fingerprint density at radius 3 is 1.31 bits per heavy atom. The maximum atomic E-state index is 10.3. The van der Waals surface area contributed by atoms with Gasteiger partial charge in [-0.05, 0) is 26.7 Å². The zero-order chi connectivity index (χ0) is 11.4. The standard InChI is InChI=1S/C6H12O.C3H6O.CH4O/c1-5(2)4-6(3)7;1-3(2)4;1-2/h5H,4H2,1-3H3;1-2H3;2H,1H3. The topological polar surface area (TPSA) is 54.4 Å². The zero-order valence-electron chi connectivity index (χ0n) is 9.55. The molecule has 0 aliphatic heterocycles. The van der Waals surface area contributed by atoms with E-state index in [1.165, 1.54) is 13.8 Å². The van der Waals surface area contributed by atoms with E-state index in [-0.39, 0.29) is 11.6 Å². The van der Waals surface area contributed by atoms with Gasteiger partial charge in [-0.2, -0.15) is 0 Å². The van der Waals surface area contributed by atoms with Crippen molar-refractivity contribution >= 4 is 11.6 Å². The fourth-order valence-corrected chi connectivity index (χ4v) is 0.575. The quantitative estimate of drug-likeness (QED) is 0.722. The van der Waals surface area contributed by atoms with Gasteiger partial charge in [0, 0.05) is 13.5 Å². The molecule has 0 fully saturated rings. The van der Waals surface area contributed by atoms with Gasteiger partial charge in [0.2, 0.25) is 0 Å². The summed E-state index contributed by atoms with van der Waals surface area (Å²) in [5.74, 6) is 0.979. The minimum atomic E-state index is 0.167. The van der Waals surface area contributed by atoms with E-state index < -0.39 is 0 Å². The largest absolute Gasteiger partial charge is 0.400 e. The molecular formula is C10H22O3. The van der Waals surface area contributed by atoms with Crippen LogP contribution in [0.1, 0.15) is 41.0 Å². The third kappa shape index (κ3) is 89.7. The molecule has 0 saturated heterocycles. The highest BCUT2D eigenvalue weighted by molar-refractivity contribution is 5.75. The van der Waals surface area contributed by atoms with Crippen LogP contribution in [0.3, 0.4) is 0 Å². The van der Waals surface area contributed by atoms with E-state index >= 15 is 0 Å². The van der Waals surface area contributed by atoms with Crippen molar-refractivity contribution in [2.45, 2.75) is 41.0 Å². The first-order valence-electron chi connectivity index (χ1n) is 4.27. The van der Waals surface area contributed by atoms with Gasteiger partial charge in [-0.3, -0.25) is 0 Å². The Morgan fingerprint density at radius 2 is 1.31 bits per heavy atom. The highest BCUT2D eigenvalue weighted by atomic mass is 16.2. The molecule has 0 aliphatic rings. The van der Waals surface area contributed by atoms with Gasteiger partial charge in [0.1, 0.15) is 11.6 Å². The number of carbonyl (C=O) groups excluding carboxylic acids is 2. The number of Topliss-reactive ketones (excluding diaryl/α,β-unsaturated/α-hetero) is 2. The second kappa shape index (κ2) is 13.9. The molecule has 13 heavy (non-hydrogen) atoms. The third-order valence-electron chi connectivity index (χ3n) is 0.696. The van der Waals surface area contributed by atoms with Crippen LogP contribution in [0, 0.1) is 5.92 Å². The van der Waals surface area contributed by atoms with Crippen molar-refractivity contribution in [3.05, 3.63) is 0 Å². The predicted molar refractivity (Wildman–Crippen MR) is 54.6 cm³/mol. The van der Waals surface area contributed by atoms with Crippen molar-refractivity contribution in [3.63, 3.8) is 0 Å². The Hall–Kier alpha value is -0.700. The number of rotatable bonds is 2. The number of hydrogen-bond donors (Lipinski definition) is 1. The maximum absolute atomic E-state index is 10.3. The minimum absolute atomic E-state index is 0.167. The summed E-state index contributed by atoms with van der Waals surface area (Å²) in [7, 11) is 1.00. The smallest absolute Gasteiger partial charge is 0.130 e. The Morgan fingerprint density at radius 1 is 1.08 bits per heavy atom. The normalized spacial score (nSPS) is 7.69. The first kappa shape index (κ1) is 18.2. The molecule has 3 nitrogen and oxygen atoms in total. The van der Waals surface area contributed by atoms with E-state index in [0.29, 0.717) is 5.92 Å². The zero-order valence-corrected chi connectivity index (χ0v) is 9.55. The highest BCUT2D eigenvalue weighted by Gasteiger charge is 1.95. The van der Waals surface area contributed by atoms with E-state index in [1.807, 2.05) is 13.8 Å². The number of aliphatic hydroxyl groups is 1. The van der Waals surface area contributed by atoms with Crippen molar-refractivity contribution in [3.8, 4) is 0 Å². The maximum Gasteiger partial charge on any atom is 0.130 e. The Labute approximate surface area is 81.2 Å². The van der Waals surface area contributed by atoms with Gasteiger partial charge in [0.05, 0.1) is 0 Å². The summed E-state index contributed by atoms with van der Waals surface area (Å²) in [5, 5.41) is 7.00. The number of aliphatic hydroxyl groups excluding tert-OH is 1. The fourth-order valence-electron chi connectivity index (χ4n) is 0.575. The fraction of sp³-hybridized carbons (Fsp3) is 0.800. The minimum Gasteiger partial charge on any atom is -0.400 e. The lowest BCUT2D eigenvalue weighted by atomic mass is 10.1. The molecule has 0 rings (SSSR count). The summed E-state index contributed by atoms with van der Waals surface area (Å²) < 4.78 is 0. The Balaban J connectivity index is -0.000000142. The molecule has 0 unspecified atom stereocenters. The predicted octanol–water partition coefficient (Wildman–Crippen LogP) is 1.83. The molecule has 3 heteroatoms. The lowest BCUT2D eigenvalue weighted by Gasteiger charge is -1.95. The Bertz CT molecular complexity index is 124. The summed E-state index contributed by atoms with van der Waals surface area (Å²) in [5.41, 5.74) is 0. The van der Waals surface area contributed by atoms with Crippen molar-refractivity contribution in [2.75, 3.05) is 7.11 Å². The van der Waals surface area contributed by atoms with E-state index in [1.54, 1.807) is 6.92 Å². The summed E-state index contributed by atoms with van der Waals surface area (Å²) >= 11 is 0. The average Bonchev–Trinajstić information content (AvgIpc) is 1.87. The van der Waals surface area contributed by atoms with Gasteiger partial charge in [-0.25, -0.2) is 0 Å². The van der Waals surface area contributed by atoms with Crippen LogP contribution in [-0.4, -0.2) is 23.8 Å². The molecule has 0 heterocycles. The molecule has 0 aromatic rings. The van der Waals surface area contributed by atoms with Crippen LogP contribution in [0.5, 0.6) is 0 Å². The second-order valence-corrected chi connectivity index (χ2v) is 3.21. The van der Waals surface area contributed by atoms with Crippen molar-refractivity contribution in [1.82, 2.24) is 0 Å². The molecule has 0 aliphatic carbocycles. The van der Waals surface area contributed by atoms with Gasteiger partial charge in [-0.15, -0.1) is 0 Å². The van der Waals surface area contributed by atoms with Crippen LogP contribution in [-0.2, 0) is 9.59 Å². The van der Waals surface area contributed by atoms with Gasteiger partial charge in [0.15, 0.2) is 0 Å². The van der Waals surface area contributed by atoms with Crippen LogP contribution in [0.25, 0.3) is 0 Å². The molecule has 0 atom stereocenters. The van der Waals surface area contributed by atoms with Crippen LogP contribution in [0.4, 0.5) is 0 Å². The number of carbonyl (C=O) groups is 2. The van der Waals surface area contributed by atoms with Gasteiger partial charge in [0.25, 0.3) is 0 Å².